The lowest BCUT2D eigenvalue weighted by atomic mass is 10.1. The van der Waals surface area contributed by atoms with E-state index in [0.29, 0.717) is 41.0 Å². The number of halogens is 1. The number of hydrogen-bond donors (Lipinski definition) is 1. The van der Waals surface area contributed by atoms with Crippen molar-refractivity contribution >= 4 is 28.2 Å². The van der Waals surface area contributed by atoms with Crippen LogP contribution in [-0.4, -0.2) is 59.8 Å². The Morgan fingerprint density at radius 3 is 2.68 bits per heavy atom. The summed E-state index contributed by atoms with van der Waals surface area (Å²) in [4.78, 5) is 25.2. The smallest absolute Gasteiger partial charge is 0.277 e. The van der Waals surface area contributed by atoms with Gasteiger partial charge in [-0.3, -0.25) is 9.20 Å². The number of likely N-dealkylation sites (tertiary alicyclic amines) is 1. The largest absolute Gasteiger partial charge is 0.393 e. The van der Waals surface area contributed by atoms with Gasteiger partial charge in [0, 0.05) is 37.1 Å². The summed E-state index contributed by atoms with van der Waals surface area (Å²) in [6.07, 6.45) is 7.38. The SMILES string of the molecule is O=c1c2c(-c3noc(C4CCCC4)n3)ncn2c2ccc(Cl)cc2n1CCN1CCC(O)CC1. The first-order valence-electron chi connectivity index (χ1n) is 12.0. The predicted octanol–water partition coefficient (Wildman–Crippen LogP) is 3.47. The molecule has 1 aliphatic carbocycles. The van der Waals surface area contributed by atoms with Crippen molar-refractivity contribution in [3.8, 4) is 11.5 Å². The first-order valence-corrected chi connectivity index (χ1v) is 12.4. The van der Waals surface area contributed by atoms with E-state index in [4.69, 9.17) is 16.1 Å². The Balaban J connectivity index is 1.43. The average molecular weight is 483 g/mol. The zero-order valence-electron chi connectivity index (χ0n) is 18.9. The van der Waals surface area contributed by atoms with E-state index in [1.54, 1.807) is 15.3 Å². The number of aliphatic hydroxyl groups is 1. The Labute approximate surface area is 201 Å². The molecule has 3 aromatic heterocycles. The number of aromatic nitrogens is 5. The molecule has 0 unspecified atom stereocenters. The minimum atomic E-state index is -0.228. The maximum Gasteiger partial charge on any atom is 0.277 e. The Kier molecular flexibility index (Phi) is 5.63. The first-order chi connectivity index (χ1) is 16.6. The molecule has 4 heterocycles. The fraction of sp³-hybridized carbons (Fsp3) is 0.500. The first kappa shape index (κ1) is 21.8. The van der Waals surface area contributed by atoms with Crippen LogP contribution in [-0.2, 0) is 6.54 Å². The van der Waals surface area contributed by atoms with Crippen LogP contribution in [0.5, 0.6) is 0 Å². The third-order valence-corrected chi connectivity index (χ3v) is 7.49. The lowest BCUT2D eigenvalue weighted by Gasteiger charge is -2.29. The van der Waals surface area contributed by atoms with Crippen LogP contribution in [0.1, 0.15) is 50.3 Å². The number of fused-ring (bicyclic) bond motifs is 3. The molecule has 0 amide bonds. The molecule has 34 heavy (non-hydrogen) atoms. The predicted molar refractivity (Wildman–Crippen MR) is 128 cm³/mol. The normalized spacial score (nSPS) is 18.5. The highest BCUT2D eigenvalue weighted by Gasteiger charge is 2.26. The number of piperidine rings is 1. The molecule has 0 radical (unpaired) electrons. The van der Waals surface area contributed by atoms with E-state index in [1.807, 2.05) is 18.2 Å². The quantitative estimate of drug-likeness (QED) is 0.464. The van der Waals surface area contributed by atoms with Crippen molar-refractivity contribution < 1.29 is 9.63 Å². The minimum Gasteiger partial charge on any atom is -0.393 e. The topological polar surface area (TPSA) is 102 Å². The molecule has 178 valence electrons. The second kappa shape index (κ2) is 8.79. The average Bonchev–Trinajstić information content (AvgIpc) is 3.59. The van der Waals surface area contributed by atoms with Gasteiger partial charge in [-0.2, -0.15) is 4.98 Å². The Morgan fingerprint density at radius 2 is 1.88 bits per heavy atom. The van der Waals surface area contributed by atoms with Gasteiger partial charge in [0.25, 0.3) is 5.56 Å². The minimum absolute atomic E-state index is 0.161. The molecule has 4 aromatic rings. The zero-order chi connectivity index (χ0) is 23.2. The van der Waals surface area contributed by atoms with Crippen LogP contribution in [0.2, 0.25) is 5.02 Å². The van der Waals surface area contributed by atoms with Gasteiger partial charge in [-0.25, -0.2) is 4.98 Å². The van der Waals surface area contributed by atoms with Crippen molar-refractivity contribution in [3.63, 3.8) is 0 Å². The van der Waals surface area contributed by atoms with Gasteiger partial charge in [0.2, 0.25) is 11.7 Å². The standard InChI is InChI=1S/C24H27ClN6O3/c25-16-5-6-18-19(13-16)30(12-11-29-9-7-17(32)8-10-29)24(33)21-20(26-14-31(18)21)22-27-23(34-28-22)15-3-1-2-4-15/h5-6,13-15,17,32H,1-4,7-12H2. The molecule has 1 aromatic carbocycles. The van der Waals surface area contributed by atoms with Gasteiger partial charge in [0.1, 0.15) is 17.5 Å². The number of benzene rings is 1. The summed E-state index contributed by atoms with van der Waals surface area (Å²) in [5.41, 5.74) is 2.30. The van der Waals surface area contributed by atoms with Crippen molar-refractivity contribution in [1.82, 2.24) is 29.0 Å². The monoisotopic (exact) mass is 482 g/mol. The highest BCUT2D eigenvalue weighted by Crippen LogP contribution is 2.34. The van der Waals surface area contributed by atoms with Crippen molar-refractivity contribution in [2.75, 3.05) is 19.6 Å². The molecule has 1 aliphatic heterocycles. The van der Waals surface area contributed by atoms with Gasteiger partial charge >= 0.3 is 0 Å². The lowest BCUT2D eigenvalue weighted by molar-refractivity contribution is 0.0810. The molecule has 0 bridgehead atoms. The molecule has 2 aliphatic rings. The van der Waals surface area contributed by atoms with Crippen LogP contribution < -0.4 is 5.56 Å². The van der Waals surface area contributed by atoms with Crippen LogP contribution in [0.25, 0.3) is 28.1 Å². The van der Waals surface area contributed by atoms with E-state index in [2.05, 4.69) is 20.0 Å². The van der Waals surface area contributed by atoms with Gasteiger partial charge in [-0.15, -0.1) is 0 Å². The number of hydrogen-bond acceptors (Lipinski definition) is 7. The maximum atomic E-state index is 13.8. The fourth-order valence-electron chi connectivity index (χ4n) is 5.33. The summed E-state index contributed by atoms with van der Waals surface area (Å²) >= 11 is 6.31. The van der Waals surface area contributed by atoms with E-state index in [1.165, 1.54) is 12.8 Å². The number of imidazole rings is 1. The van der Waals surface area contributed by atoms with Gasteiger partial charge in [-0.1, -0.05) is 29.6 Å². The molecule has 1 N–H and O–H groups in total. The molecule has 2 fully saturated rings. The van der Waals surface area contributed by atoms with E-state index >= 15 is 0 Å². The zero-order valence-corrected chi connectivity index (χ0v) is 19.6. The second-order valence-corrected chi connectivity index (χ2v) is 9.85. The van der Waals surface area contributed by atoms with Gasteiger partial charge in [0.15, 0.2) is 0 Å². The molecule has 6 rings (SSSR count). The van der Waals surface area contributed by atoms with Crippen molar-refractivity contribution in [2.45, 2.75) is 57.1 Å². The van der Waals surface area contributed by atoms with Crippen molar-refractivity contribution in [3.05, 3.63) is 45.8 Å². The van der Waals surface area contributed by atoms with Crippen molar-refractivity contribution in [2.24, 2.45) is 0 Å². The molecular formula is C24H27ClN6O3. The van der Waals surface area contributed by atoms with E-state index in [0.717, 1.165) is 49.8 Å². The second-order valence-electron chi connectivity index (χ2n) is 9.41. The molecule has 10 heteroatoms. The van der Waals surface area contributed by atoms with Gasteiger partial charge in [-0.05, 0) is 43.9 Å². The summed E-state index contributed by atoms with van der Waals surface area (Å²) in [6, 6.07) is 5.55. The summed E-state index contributed by atoms with van der Waals surface area (Å²) in [5, 5.41) is 14.6. The Morgan fingerprint density at radius 1 is 1.09 bits per heavy atom. The highest BCUT2D eigenvalue weighted by molar-refractivity contribution is 6.31. The van der Waals surface area contributed by atoms with E-state index < -0.39 is 0 Å². The van der Waals surface area contributed by atoms with E-state index in [-0.39, 0.29) is 17.6 Å². The number of aliphatic hydroxyl groups excluding tert-OH is 1. The fourth-order valence-corrected chi connectivity index (χ4v) is 5.50. The van der Waals surface area contributed by atoms with Crippen LogP contribution in [0.15, 0.2) is 33.8 Å². The van der Waals surface area contributed by atoms with Crippen LogP contribution in [0, 0.1) is 0 Å². The molecule has 0 spiro atoms. The molecule has 1 saturated carbocycles. The molecule has 0 atom stereocenters. The molecular weight excluding hydrogens is 456 g/mol. The Bertz CT molecular complexity index is 1400. The lowest BCUT2D eigenvalue weighted by Crippen LogP contribution is -2.39. The number of rotatable bonds is 5. The van der Waals surface area contributed by atoms with Crippen LogP contribution in [0.4, 0.5) is 0 Å². The third-order valence-electron chi connectivity index (χ3n) is 7.26. The van der Waals surface area contributed by atoms with Crippen molar-refractivity contribution in [1.29, 1.82) is 0 Å². The maximum absolute atomic E-state index is 13.8. The van der Waals surface area contributed by atoms with Gasteiger partial charge < -0.3 is 19.1 Å². The van der Waals surface area contributed by atoms with E-state index in [9.17, 15) is 9.90 Å². The van der Waals surface area contributed by atoms with Gasteiger partial charge in [0.05, 0.1) is 17.1 Å². The summed E-state index contributed by atoms with van der Waals surface area (Å²) in [5.74, 6) is 1.28. The highest BCUT2D eigenvalue weighted by atomic mass is 35.5. The number of nitrogens with zero attached hydrogens (tertiary/aromatic N) is 6. The Hall–Kier alpha value is -2.75. The summed E-state index contributed by atoms with van der Waals surface area (Å²) in [6.45, 7) is 2.86. The summed E-state index contributed by atoms with van der Waals surface area (Å²) in [7, 11) is 0. The summed E-state index contributed by atoms with van der Waals surface area (Å²) < 4.78 is 9.13. The third kappa shape index (κ3) is 3.81. The molecule has 9 nitrogen and oxygen atoms in total. The molecule has 1 saturated heterocycles. The van der Waals surface area contributed by atoms with Crippen LogP contribution in [0.3, 0.4) is 0 Å². The van der Waals surface area contributed by atoms with Crippen LogP contribution >= 0.6 is 11.6 Å².